The van der Waals surface area contributed by atoms with Crippen LogP contribution in [0, 0.1) is 11.7 Å². The first kappa shape index (κ1) is 14.9. The number of nitrogens with zero attached hydrogens (tertiary/aromatic N) is 3. The van der Waals surface area contributed by atoms with Crippen molar-refractivity contribution in [2.75, 3.05) is 14.2 Å². The van der Waals surface area contributed by atoms with Gasteiger partial charge in [-0.25, -0.2) is 0 Å². The van der Waals surface area contributed by atoms with Crippen LogP contribution >= 0.6 is 12.2 Å². The minimum absolute atomic E-state index is 0.115. The maximum Gasteiger partial charge on any atom is 0.296 e. The number of nitrogens with one attached hydrogen (secondary N) is 1. The fourth-order valence-corrected chi connectivity index (χ4v) is 1.89. The molecule has 2 aromatic rings. The molecule has 110 valence electrons. The van der Waals surface area contributed by atoms with Crippen molar-refractivity contribution >= 4 is 18.4 Å². The fourth-order valence-electron chi connectivity index (χ4n) is 1.71. The molecule has 21 heavy (non-hydrogen) atoms. The first-order chi connectivity index (χ1) is 10.1. The van der Waals surface area contributed by atoms with Crippen LogP contribution in [-0.4, -0.2) is 35.3 Å². The zero-order chi connectivity index (χ0) is 15.4. The lowest BCUT2D eigenvalue weighted by Gasteiger charge is -2.09. The van der Waals surface area contributed by atoms with Crippen molar-refractivity contribution < 1.29 is 9.47 Å². The molecule has 1 heterocycles. The standard InChI is InChI=1S/C13H14N4O3S/c1-8-12(18)17(13(21)16-15-8)14-7-9-5-4-6-10(19-2)11(9)20-3/h4-7H,1-3H3,(H,16,21)/b14-7-. The molecule has 8 heteroatoms. The third kappa shape index (κ3) is 3.00. The molecule has 0 amide bonds. The number of benzene rings is 1. The Kier molecular flexibility index (Phi) is 4.49. The SMILES string of the molecule is COc1cccc(/C=N\n2c(=S)[nH]nc(C)c2=O)c1OC. The maximum absolute atomic E-state index is 11.9. The largest absolute Gasteiger partial charge is 0.493 e. The third-order valence-electron chi connectivity index (χ3n) is 2.76. The average molecular weight is 306 g/mol. The molecule has 0 aliphatic heterocycles. The van der Waals surface area contributed by atoms with Gasteiger partial charge in [0.1, 0.15) is 5.69 Å². The van der Waals surface area contributed by atoms with E-state index >= 15 is 0 Å². The van der Waals surface area contributed by atoms with Crippen molar-refractivity contribution in [1.29, 1.82) is 0 Å². The zero-order valence-corrected chi connectivity index (χ0v) is 12.6. The van der Waals surface area contributed by atoms with Crippen LogP contribution in [-0.2, 0) is 0 Å². The Morgan fingerprint density at radius 1 is 1.38 bits per heavy atom. The Labute approximate surface area is 125 Å². The Balaban J connectivity index is 2.51. The minimum Gasteiger partial charge on any atom is -0.493 e. The van der Waals surface area contributed by atoms with Gasteiger partial charge in [-0.2, -0.15) is 14.9 Å². The minimum atomic E-state index is -0.378. The molecule has 0 aliphatic carbocycles. The predicted octanol–water partition coefficient (Wildman–Crippen LogP) is 1.51. The molecule has 0 saturated carbocycles. The smallest absolute Gasteiger partial charge is 0.296 e. The number of aromatic nitrogens is 3. The topological polar surface area (TPSA) is 81.5 Å². The van der Waals surface area contributed by atoms with E-state index in [-0.39, 0.29) is 16.0 Å². The lowest BCUT2D eigenvalue weighted by atomic mass is 10.2. The second-order valence-corrected chi connectivity index (χ2v) is 4.45. The van der Waals surface area contributed by atoms with Gasteiger partial charge in [-0.1, -0.05) is 6.07 Å². The second-order valence-electron chi connectivity index (χ2n) is 4.06. The van der Waals surface area contributed by atoms with Gasteiger partial charge >= 0.3 is 0 Å². The predicted molar refractivity (Wildman–Crippen MR) is 81.0 cm³/mol. The molecular weight excluding hydrogens is 292 g/mol. The van der Waals surface area contributed by atoms with E-state index in [4.69, 9.17) is 21.7 Å². The van der Waals surface area contributed by atoms with Gasteiger partial charge in [0.15, 0.2) is 11.5 Å². The van der Waals surface area contributed by atoms with Crippen molar-refractivity contribution in [1.82, 2.24) is 14.9 Å². The van der Waals surface area contributed by atoms with E-state index in [0.29, 0.717) is 17.1 Å². The quantitative estimate of drug-likeness (QED) is 0.684. The van der Waals surface area contributed by atoms with E-state index in [9.17, 15) is 4.79 Å². The van der Waals surface area contributed by atoms with Crippen LogP contribution in [0.5, 0.6) is 11.5 Å². The van der Waals surface area contributed by atoms with E-state index in [0.717, 1.165) is 4.68 Å². The lowest BCUT2D eigenvalue weighted by molar-refractivity contribution is 0.354. The highest BCUT2D eigenvalue weighted by atomic mass is 32.1. The van der Waals surface area contributed by atoms with Crippen LogP contribution in [0.15, 0.2) is 28.1 Å². The summed E-state index contributed by atoms with van der Waals surface area (Å²) in [5.41, 5.74) is 0.558. The van der Waals surface area contributed by atoms with Crippen LogP contribution in [0.3, 0.4) is 0 Å². The first-order valence-electron chi connectivity index (χ1n) is 6.02. The van der Waals surface area contributed by atoms with Crippen molar-refractivity contribution in [3.63, 3.8) is 0 Å². The average Bonchev–Trinajstić information content (AvgIpc) is 2.50. The molecule has 0 aliphatic rings. The van der Waals surface area contributed by atoms with Gasteiger partial charge in [0.05, 0.1) is 20.4 Å². The molecular formula is C13H14N4O3S. The lowest BCUT2D eigenvalue weighted by Crippen LogP contribution is -2.22. The van der Waals surface area contributed by atoms with Crippen LogP contribution in [0.2, 0.25) is 0 Å². The molecule has 0 saturated heterocycles. The molecule has 0 fully saturated rings. The Morgan fingerprint density at radius 2 is 2.14 bits per heavy atom. The van der Waals surface area contributed by atoms with Gasteiger partial charge in [0.25, 0.3) is 5.56 Å². The monoisotopic (exact) mass is 306 g/mol. The van der Waals surface area contributed by atoms with E-state index in [1.165, 1.54) is 13.3 Å². The molecule has 0 radical (unpaired) electrons. The van der Waals surface area contributed by atoms with Gasteiger partial charge in [0, 0.05) is 5.56 Å². The Hall–Kier alpha value is -2.48. The van der Waals surface area contributed by atoms with Gasteiger partial charge in [-0.05, 0) is 31.3 Å². The highest BCUT2D eigenvalue weighted by molar-refractivity contribution is 7.71. The molecule has 0 atom stereocenters. The number of para-hydroxylation sites is 1. The zero-order valence-electron chi connectivity index (χ0n) is 11.8. The summed E-state index contributed by atoms with van der Waals surface area (Å²) in [6, 6.07) is 5.35. The number of methoxy groups -OCH3 is 2. The van der Waals surface area contributed by atoms with E-state index in [2.05, 4.69) is 15.3 Å². The van der Waals surface area contributed by atoms with E-state index < -0.39 is 0 Å². The Morgan fingerprint density at radius 3 is 2.81 bits per heavy atom. The molecule has 7 nitrogen and oxygen atoms in total. The number of ether oxygens (including phenoxy) is 2. The first-order valence-corrected chi connectivity index (χ1v) is 6.43. The molecule has 0 unspecified atom stereocenters. The number of H-pyrrole nitrogens is 1. The van der Waals surface area contributed by atoms with Crippen LogP contribution in [0.25, 0.3) is 0 Å². The van der Waals surface area contributed by atoms with Crippen LogP contribution < -0.4 is 15.0 Å². The molecule has 0 spiro atoms. The summed E-state index contributed by atoms with van der Waals surface area (Å²) < 4.78 is 11.7. The van der Waals surface area contributed by atoms with Crippen LogP contribution in [0.1, 0.15) is 11.3 Å². The summed E-state index contributed by atoms with van der Waals surface area (Å²) in [5.74, 6) is 1.10. The summed E-state index contributed by atoms with van der Waals surface area (Å²) in [6.07, 6.45) is 1.48. The number of hydrogen-bond donors (Lipinski definition) is 1. The van der Waals surface area contributed by atoms with Crippen molar-refractivity contribution in [3.8, 4) is 11.5 Å². The van der Waals surface area contributed by atoms with Crippen molar-refractivity contribution in [2.45, 2.75) is 6.92 Å². The molecule has 1 N–H and O–H groups in total. The van der Waals surface area contributed by atoms with E-state index in [1.54, 1.807) is 32.2 Å². The normalized spacial score (nSPS) is 10.8. The molecule has 1 aromatic heterocycles. The van der Waals surface area contributed by atoms with Gasteiger partial charge < -0.3 is 9.47 Å². The highest BCUT2D eigenvalue weighted by Crippen LogP contribution is 2.29. The van der Waals surface area contributed by atoms with E-state index in [1.807, 2.05) is 0 Å². The summed E-state index contributed by atoms with van der Waals surface area (Å²) in [4.78, 5) is 11.9. The summed E-state index contributed by atoms with van der Waals surface area (Å²) in [7, 11) is 3.08. The van der Waals surface area contributed by atoms with Gasteiger partial charge in [0.2, 0.25) is 4.77 Å². The van der Waals surface area contributed by atoms with Crippen molar-refractivity contribution in [3.05, 3.63) is 44.6 Å². The summed E-state index contributed by atoms with van der Waals surface area (Å²) in [5, 5.41) is 10.4. The number of hydrogen-bond acceptors (Lipinski definition) is 6. The van der Waals surface area contributed by atoms with Crippen LogP contribution in [0.4, 0.5) is 0 Å². The third-order valence-corrected chi connectivity index (χ3v) is 3.02. The highest BCUT2D eigenvalue weighted by Gasteiger charge is 2.08. The number of aromatic amines is 1. The second kappa shape index (κ2) is 6.31. The molecule has 1 aromatic carbocycles. The number of rotatable bonds is 4. The van der Waals surface area contributed by atoms with Gasteiger partial charge in [-0.3, -0.25) is 9.89 Å². The summed E-state index contributed by atoms with van der Waals surface area (Å²) in [6.45, 7) is 1.58. The fraction of sp³-hybridized carbons (Fsp3) is 0.231. The van der Waals surface area contributed by atoms with Gasteiger partial charge in [-0.15, -0.1) is 0 Å². The summed E-state index contributed by atoms with van der Waals surface area (Å²) >= 11 is 5.00. The Bertz CT molecular complexity index is 795. The molecule has 2 rings (SSSR count). The maximum atomic E-state index is 11.9. The van der Waals surface area contributed by atoms with Crippen molar-refractivity contribution in [2.24, 2.45) is 5.10 Å². The molecule has 0 bridgehead atoms. The number of aryl methyl sites for hydroxylation is 1.